The molecule has 2 saturated carbocycles. The summed E-state index contributed by atoms with van der Waals surface area (Å²) in [5.74, 6) is 2.73. The number of allylic oxidation sites excluding steroid dienone is 2. The van der Waals surface area contributed by atoms with Crippen LogP contribution in [0.25, 0.3) is 0 Å². The van der Waals surface area contributed by atoms with Crippen LogP contribution in [0.1, 0.15) is 90.4 Å². The molecule has 0 aromatic carbocycles. The van der Waals surface area contributed by atoms with Crippen LogP contribution in [0.2, 0.25) is 0 Å². The molecule has 0 N–H and O–H groups in total. The van der Waals surface area contributed by atoms with Gasteiger partial charge in [0.25, 0.3) is 0 Å². The first-order valence-electron chi connectivity index (χ1n) is 10.2. The van der Waals surface area contributed by atoms with Gasteiger partial charge in [-0.2, -0.15) is 13.2 Å². The third-order valence-electron chi connectivity index (χ3n) is 6.40. The molecule has 0 spiro atoms. The highest BCUT2D eigenvalue weighted by Gasteiger charge is 2.31. The molecule has 0 radical (unpaired) electrons. The van der Waals surface area contributed by atoms with Crippen molar-refractivity contribution < 1.29 is 13.2 Å². The van der Waals surface area contributed by atoms with E-state index in [2.05, 4.69) is 6.92 Å². The standard InChI is InChI=1S/C21H35F3/c1-2-3-4-5-6-17-7-11-19(12-8-17)20-13-9-18(10-14-20)15-16-21(22,23)24/h15-20H,2-14H2,1H3. The molecule has 0 bridgehead atoms. The molecule has 0 saturated heterocycles. The molecule has 0 unspecified atom stereocenters. The quantitative estimate of drug-likeness (QED) is 0.328. The van der Waals surface area contributed by atoms with Gasteiger partial charge < -0.3 is 0 Å². The summed E-state index contributed by atoms with van der Waals surface area (Å²) in [6.07, 6.45) is 14.3. The minimum Gasteiger partial charge on any atom is -0.167 e. The summed E-state index contributed by atoms with van der Waals surface area (Å²) in [6, 6.07) is 0. The van der Waals surface area contributed by atoms with Crippen LogP contribution in [0, 0.1) is 23.7 Å². The van der Waals surface area contributed by atoms with Crippen molar-refractivity contribution in [2.75, 3.05) is 0 Å². The van der Waals surface area contributed by atoms with E-state index in [4.69, 9.17) is 0 Å². The Hall–Kier alpha value is -0.470. The number of unbranched alkanes of at least 4 members (excludes halogenated alkanes) is 3. The van der Waals surface area contributed by atoms with Gasteiger partial charge >= 0.3 is 6.18 Å². The Morgan fingerprint density at radius 1 is 0.792 bits per heavy atom. The van der Waals surface area contributed by atoms with Crippen LogP contribution in [0.4, 0.5) is 13.2 Å². The number of alkyl halides is 3. The van der Waals surface area contributed by atoms with Crippen LogP contribution in [0.15, 0.2) is 12.2 Å². The smallest absolute Gasteiger partial charge is 0.167 e. The Bertz CT molecular complexity index is 356. The molecule has 2 rings (SSSR count). The van der Waals surface area contributed by atoms with Crippen molar-refractivity contribution in [3.05, 3.63) is 12.2 Å². The van der Waals surface area contributed by atoms with E-state index >= 15 is 0 Å². The second-order valence-corrected chi connectivity index (χ2v) is 8.21. The van der Waals surface area contributed by atoms with Crippen molar-refractivity contribution in [1.82, 2.24) is 0 Å². The van der Waals surface area contributed by atoms with E-state index in [-0.39, 0.29) is 5.92 Å². The minimum absolute atomic E-state index is 0.151. The highest BCUT2D eigenvalue weighted by atomic mass is 19.4. The maximum absolute atomic E-state index is 12.3. The summed E-state index contributed by atoms with van der Waals surface area (Å²) in [5, 5.41) is 0. The van der Waals surface area contributed by atoms with Crippen molar-refractivity contribution in [2.45, 2.75) is 96.6 Å². The maximum atomic E-state index is 12.3. The molecule has 0 amide bonds. The number of rotatable bonds is 7. The highest BCUT2D eigenvalue weighted by Crippen LogP contribution is 2.42. The lowest BCUT2D eigenvalue weighted by atomic mass is 9.68. The normalized spacial score (nSPS) is 32.3. The lowest BCUT2D eigenvalue weighted by Crippen LogP contribution is -2.25. The van der Waals surface area contributed by atoms with E-state index in [1.54, 1.807) is 0 Å². The van der Waals surface area contributed by atoms with Gasteiger partial charge in [0.1, 0.15) is 0 Å². The topological polar surface area (TPSA) is 0 Å². The van der Waals surface area contributed by atoms with Crippen LogP contribution in [-0.4, -0.2) is 6.18 Å². The van der Waals surface area contributed by atoms with Gasteiger partial charge in [0.2, 0.25) is 0 Å². The summed E-state index contributed by atoms with van der Waals surface area (Å²) in [7, 11) is 0. The maximum Gasteiger partial charge on any atom is 0.409 e. The molecule has 0 aromatic heterocycles. The Kier molecular flexibility index (Phi) is 8.16. The van der Waals surface area contributed by atoms with Crippen LogP contribution in [0.5, 0.6) is 0 Å². The van der Waals surface area contributed by atoms with Crippen molar-refractivity contribution in [3.63, 3.8) is 0 Å². The zero-order valence-electron chi connectivity index (χ0n) is 15.3. The van der Waals surface area contributed by atoms with Gasteiger partial charge in [-0.05, 0) is 62.2 Å². The zero-order valence-corrected chi connectivity index (χ0v) is 15.3. The zero-order chi connectivity index (χ0) is 17.4. The fraction of sp³-hybridized carbons (Fsp3) is 0.905. The molecule has 140 valence electrons. The molecular formula is C21H35F3. The fourth-order valence-electron chi connectivity index (χ4n) is 4.86. The first-order valence-corrected chi connectivity index (χ1v) is 10.2. The largest absolute Gasteiger partial charge is 0.409 e. The van der Waals surface area contributed by atoms with Crippen LogP contribution < -0.4 is 0 Å². The predicted octanol–water partition coefficient (Wildman–Crippen LogP) is 7.69. The van der Waals surface area contributed by atoms with Crippen molar-refractivity contribution in [3.8, 4) is 0 Å². The van der Waals surface area contributed by atoms with Gasteiger partial charge in [0.15, 0.2) is 0 Å². The van der Waals surface area contributed by atoms with Gasteiger partial charge in [-0.15, -0.1) is 0 Å². The van der Waals surface area contributed by atoms with Crippen LogP contribution in [-0.2, 0) is 0 Å². The number of hydrogen-bond donors (Lipinski definition) is 0. The Morgan fingerprint density at radius 2 is 1.38 bits per heavy atom. The first kappa shape index (κ1) is 19.8. The highest BCUT2D eigenvalue weighted by molar-refractivity contribution is 4.96. The van der Waals surface area contributed by atoms with Gasteiger partial charge in [0.05, 0.1) is 0 Å². The SMILES string of the molecule is CCCCCCC1CCC(C2CCC(C=CC(F)(F)F)CC2)CC1. The molecule has 3 heteroatoms. The Balaban J connectivity index is 1.63. The average molecular weight is 345 g/mol. The fourth-order valence-corrected chi connectivity index (χ4v) is 4.86. The molecule has 2 aliphatic rings. The first-order chi connectivity index (χ1) is 11.5. The molecule has 0 heterocycles. The van der Waals surface area contributed by atoms with Gasteiger partial charge in [-0.1, -0.05) is 57.9 Å². The van der Waals surface area contributed by atoms with E-state index in [0.29, 0.717) is 6.08 Å². The summed E-state index contributed by atoms with van der Waals surface area (Å²) in [5.41, 5.74) is 0. The molecular weight excluding hydrogens is 309 g/mol. The predicted molar refractivity (Wildman–Crippen MR) is 94.9 cm³/mol. The lowest BCUT2D eigenvalue weighted by molar-refractivity contribution is -0.0803. The molecule has 0 nitrogen and oxygen atoms in total. The van der Waals surface area contributed by atoms with Gasteiger partial charge in [0, 0.05) is 6.08 Å². The van der Waals surface area contributed by atoms with E-state index in [1.807, 2.05) is 0 Å². The molecule has 0 aromatic rings. The van der Waals surface area contributed by atoms with Crippen molar-refractivity contribution in [2.24, 2.45) is 23.7 Å². The number of hydrogen-bond acceptors (Lipinski definition) is 0. The van der Waals surface area contributed by atoms with E-state index in [0.717, 1.165) is 43.4 Å². The summed E-state index contributed by atoms with van der Waals surface area (Å²) in [4.78, 5) is 0. The minimum atomic E-state index is -4.15. The monoisotopic (exact) mass is 344 g/mol. The average Bonchev–Trinajstić information content (AvgIpc) is 2.57. The lowest BCUT2D eigenvalue weighted by Gasteiger charge is -2.37. The van der Waals surface area contributed by atoms with E-state index < -0.39 is 6.18 Å². The van der Waals surface area contributed by atoms with Crippen LogP contribution in [0.3, 0.4) is 0 Å². The summed E-state index contributed by atoms with van der Waals surface area (Å²) < 4.78 is 36.8. The van der Waals surface area contributed by atoms with Gasteiger partial charge in [-0.3, -0.25) is 0 Å². The third kappa shape index (κ3) is 7.19. The molecule has 24 heavy (non-hydrogen) atoms. The molecule has 2 aliphatic carbocycles. The van der Waals surface area contributed by atoms with Crippen molar-refractivity contribution in [1.29, 1.82) is 0 Å². The van der Waals surface area contributed by atoms with E-state index in [9.17, 15) is 13.2 Å². The van der Waals surface area contributed by atoms with Crippen LogP contribution >= 0.6 is 0 Å². The molecule has 0 atom stereocenters. The Labute approximate surface area is 146 Å². The van der Waals surface area contributed by atoms with Gasteiger partial charge in [-0.25, -0.2) is 0 Å². The second kappa shape index (κ2) is 9.87. The van der Waals surface area contributed by atoms with E-state index in [1.165, 1.54) is 63.9 Å². The summed E-state index contributed by atoms with van der Waals surface area (Å²) in [6.45, 7) is 2.26. The van der Waals surface area contributed by atoms with Crippen molar-refractivity contribution >= 4 is 0 Å². The second-order valence-electron chi connectivity index (χ2n) is 8.21. The third-order valence-corrected chi connectivity index (χ3v) is 6.40. The number of halogens is 3. The summed E-state index contributed by atoms with van der Waals surface area (Å²) >= 11 is 0. The molecule has 0 aliphatic heterocycles. The molecule has 2 fully saturated rings. The Morgan fingerprint density at radius 3 is 1.92 bits per heavy atom.